The van der Waals surface area contributed by atoms with Gasteiger partial charge in [-0.25, -0.2) is 13.2 Å². The van der Waals surface area contributed by atoms with Crippen molar-refractivity contribution in [1.82, 2.24) is 10.6 Å². The number of carbonyl (C=O) groups is 2. The van der Waals surface area contributed by atoms with Crippen molar-refractivity contribution in [1.29, 1.82) is 0 Å². The number of benzene rings is 2. The van der Waals surface area contributed by atoms with Crippen LogP contribution in [-0.2, 0) is 15.0 Å². The van der Waals surface area contributed by atoms with E-state index >= 15 is 4.39 Å². The third-order valence-corrected chi connectivity index (χ3v) is 8.31. The molecule has 3 aliphatic rings. The molecule has 5 rings (SSSR count). The van der Waals surface area contributed by atoms with Gasteiger partial charge in [-0.3, -0.25) is 9.59 Å². The number of hydrogen-bond donors (Lipinski definition) is 4. The Balaban J connectivity index is 1.71. The van der Waals surface area contributed by atoms with Crippen LogP contribution in [0.25, 0.3) is 0 Å². The largest absolute Gasteiger partial charge is 0.390 e. The van der Waals surface area contributed by atoms with Gasteiger partial charge < -0.3 is 21.1 Å². The van der Waals surface area contributed by atoms with Gasteiger partial charge in [-0.15, -0.1) is 0 Å². The van der Waals surface area contributed by atoms with Crippen molar-refractivity contribution < 1.29 is 27.9 Å². The van der Waals surface area contributed by atoms with E-state index in [1.54, 1.807) is 6.92 Å². The summed E-state index contributed by atoms with van der Waals surface area (Å²) < 4.78 is 45.0. The standard InChI is InChI=1S/C28H31ClF3N3O3/c1-26(2,3)12-20-28(15-8-18(31)16(29)9-19(15)34-25(28)37)21(14-6-5-7-17(30)22(14)32)23(35-20)24(36)33-13-10-27(4,38)11-13/h5-9,13,20-21,23,35,38H,10-12H2,1-4H3,(H,33,36)(H,34,37)/t13?,20-,21-,23+,27?,28?/m0/s1. The molecular formula is C28H31ClF3N3O3. The normalized spacial score (nSPS) is 32.2. The molecule has 4 N–H and O–H groups in total. The predicted molar refractivity (Wildman–Crippen MR) is 137 cm³/mol. The van der Waals surface area contributed by atoms with Crippen LogP contribution in [0.2, 0.25) is 5.02 Å². The third kappa shape index (κ3) is 4.28. The molecule has 2 amide bonds. The fraction of sp³-hybridized carbons (Fsp3) is 0.500. The molecule has 2 heterocycles. The maximum Gasteiger partial charge on any atom is 0.238 e. The first kappa shape index (κ1) is 27.0. The van der Waals surface area contributed by atoms with Crippen LogP contribution in [0.5, 0.6) is 0 Å². The Morgan fingerprint density at radius 2 is 1.87 bits per heavy atom. The third-order valence-electron chi connectivity index (χ3n) is 8.02. The summed E-state index contributed by atoms with van der Waals surface area (Å²) in [5, 5.41) is 18.9. The quantitative estimate of drug-likeness (QED) is 0.451. The Morgan fingerprint density at radius 3 is 2.50 bits per heavy atom. The first-order chi connectivity index (χ1) is 17.6. The molecule has 10 heteroatoms. The van der Waals surface area contributed by atoms with E-state index < -0.39 is 58.3 Å². The molecule has 6 nitrogen and oxygen atoms in total. The smallest absolute Gasteiger partial charge is 0.238 e. The van der Waals surface area contributed by atoms with Crippen LogP contribution in [0.15, 0.2) is 30.3 Å². The molecule has 38 heavy (non-hydrogen) atoms. The van der Waals surface area contributed by atoms with E-state index in [-0.39, 0.29) is 33.3 Å². The predicted octanol–water partition coefficient (Wildman–Crippen LogP) is 4.54. The Bertz CT molecular complexity index is 1320. The van der Waals surface area contributed by atoms with E-state index in [2.05, 4.69) is 16.0 Å². The van der Waals surface area contributed by atoms with E-state index in [1.165, 1.54) is 18.2 Å². The Labute approximate surface area is 224 Å². The molecule has 0 radical (unpaired) electrons. The Morgan fingerprint density at radius 1 is 1.18 bits per heavy atom. The maximum atomic E-state index is 15.5. The molecule has 204 valence electrons. The lowest BCUT2D eigenvalue weighted by molar-refractivity contribution is -0.127. The van der Waals surface area contributed by atoms with Crippen LogP contribution in [0.1, 0.15) is 64.0 Å². The average Bonchev–Trinajstić information content (AvgIpc) is 3.24. The lowest BCUT2D eigenvalue weighted by Gasteiger charge is -2.42. The zero-order valence-corrected chi connectivity index (χ0v) is 22.3. The highest BCUT2D eigenvalue weighted by atomic mass is 35.5. The van der Waals surface area contributed by atoms with Gasteiger partial charge in [-0.05, 0) is 60.9 Å². The number of aliphatic hydroxyl groups is 1. The van der Waals surface area contributed by atoms with Crippen LogP contribution < -0.4 is 16.0 Å². The fourth-order valence-electron chi connectivity index (χ4n) is 6.56. The van der Waals surface area contributed by atoms with Gasteiger partial charge in [0.2, 0.25) is 11.8 Å². The van der Waals surface area contributed by atoms with Crippen molar-refractivity contribution in [2.75, 3.05) is 5.32 Å². The molecular weight excluding hydrogens is 519 g/mol. The van der Waals surface area contributed by atoms with E-state index in [9.17, 15) is 23.5 Å². The molecule has 2 aliphatic heterocycles. The number of anilines is 1. The van der Waals surface area contributed by atoms with Crippen molar-refractivity contribution in [2.45, 2.75) is 82.0 Å². The van der Waals surface area contributed by atoms with Gasteiger partial charge in [0, 0.05) is 23.7 Å². The minimum absolute atomic E-state index is 0.159. The minimum atomic E-state index is -1.64. The molecule has 2 aromatic rings. The maximum absolute atomic E-state index is 15.5. The average molecular weight is 550 g/mol. The van der Waals surface area contributed by atoms with Crippen LogP contribution >= 0.6 is 11.6 Å². The van der Waals surface area contributed by atoms with E-state index in [0.29, 0.717) is 19.3 Å². The van der Waals surface area contributed by atoms with Crippen LogP contribution in [-0.4, -0.2) is 40.6 Å². The van der Waals surface area contributed by atoms with Crippen molar-refractivity contribution >= 4 is 29.1 Å². The monoisotopic (exact) mass is 549 g/mol. The number of halogens is 4. The zero-order valence-electron chi connectivity index (χ0n) is 21.6. The summed E-state index contributed by atoms with van der Waals surface area (Å²) in [5.41, 5.74) is -2.56. The number of rotatable bonds is 4. The van der Waals surface area contributed by atoms with E-state index in [4.69, 9.17) is 11.6 Å². The summed E-state index contributed by atoms with van der Waals surface area (Å²) in [6.45, 7) is 7.54. The molecule has 4 atom stereocenters. The van der Waals surface area contributed by atoms with Gasteiger partial charge >= 0.3 is 0 Å². The molecule has 0 bridgehead atoms. The van der Waals surface area contributed by atoms with Gasteiger partial charge in [0.25, 0.3) is 0 Å². The molecule has 0 aromatic heterocycles. The zero-order chi connectivity index (χ0) is 27.8. The first-order valence-corrected chi connectivity index (χ1v) is 13.1. The number of fused-ring (bicyclic) bond motifs is 2. The second-order valence-corrected chi connectivity index (χ2v) is 12.7. The van der Waals surface area contributed by atoms with Crippen LogP contribution in [0.3, 0.4) is 0 Å². The molecule has 1 saturated carbocycles. The molecule has 2 fully saturated rings. The number of carbonyl (C=O) groups excluding carboxylic acids is 2. The molecule has 1 unspecified atom stereocenters. The lowest BCUT2D eigenvalue weighted by Crippen LogP contribution is -2.57. The van der Waals surface area contributed by atoms with Crippen molar-refractivity contribution in [3.8, 4) is 0 Å². The summed E-state index contributed by atoms with van der Waals surface area (Å²) in [7, 11) is 0. The lowest BCUT2D eigenvalue weighted by atomic mass is 9.62. The van der Waals surface area contributed by atoms with E-state index in [1.807, 2.05) is 20.8 Å². The Kier molecular flexibility index (Phi) is 6.36. The van der Waals surface area contributed by atoms with Gasteiger partial charge in [0.05, 0.1) is 16.7 Å². The number of hydrogen-bond acceptors (Lipinski definition) is 4. The molecule has 1 aliphatic carbocycles. The minimum Gasteiger partial charge on any atom is -0.390 e. The van der Waals surface area contributed by atoms with E-state index in [0.717, 1.165) is 12.1 Å². The number of nitrogens with one attached hydrogen (secondary N) is 3. The second-order valence-electron chi connectivity index (χ2n) is 12.3. The van der Waals surface area contributed by atoms with Crippen LogP contribution in [0.4, 0.5) is 18.9 Å². The number of amides is 2. The summed E-state index contributed by atoms with van der Waals surface area (Å²) in [5.74, 6) is -5.33. The first-order valence-electron chi connectivity index (χ1n) is 12.7. The highest BCUT2D eigenvalue weighted by molar-refractivity contribution is 6.31. The van der Waals surface area contributed by atoms with Crippen molar-refractivity contribution in [3.05, 3.63) is 63.9 Å². The van der Waals surface area contributed by atoms with Crippen LogP contribution in [0, 0.1) is 22.9 Å². The summed E-state index contributed by atoms with van der Waals surface area (Å²) >= 11 is 6.02. The topological polar surface area (TPSA) is 90.5 Å². The Hall–Kier alpha value is -2.62. The highest BCUT2D eigenvalue weighted by Gasteiger charge is 2.66. The van der Waals surface area contributed by atoms with Crippen molar-refractivity contribution in [2.24, 2.45) is 5.41 Å². The highest BCUT2D eigenvalue weighted by Crippen LogP contribution is 2.57. The SMILES string of the molecule is CC(C)(C)C[C@@H]1N[C@@H](C(=O)NC2CC(C)(O)C2)[C@H](c2cccc(F)c2F)C12C(=O)Nc1cc(Cl)c(F)cc12. The van der Waals surface area contributed by atoms with Gasteiger partial charge in [-0.1, -0.05) is 44.5 Å². The summed E-state index contributed by atoms with van der Waals surface area (Å²) in [6.07, 6.45) is 1.04. The molecule has 1 saturated heterocycles. The fourth-order valence-corrected chi connectivity index (χ4v) is 6.72. The second kappa shape index (κ2) is 8.96. The molecule has 2 aromatic carbocycles. The van der Waals surface area contributed by atoms with Gasteiger partial charge in [0.1, 0.15) is 11.2 Å². The summed E-state index contributed by atoms with van der Waals surface area (Å²) in [4.78, 5) is 27.7. The summed E-state index contributed by atoms with van der Waals surface area (Å²) in [6, 6.07) is 3.91. The van der Waals surface area contributed by atoms with Crippen molar-refractivity contribution in [3.63, 3.8) is 0 Å². The van der Waals surface area contributed by atoms with Gasteiger partial charge in [-0.2, -0.15) is 0 Å². The van der Waals surface area contributed by atoms with Gasteiger partial charge in [0.15, 0.2) is 11.6 Å². The molecule has 1 spiro atoms.